The molecular weight excluding hydrogens is 273 g/mol. The van der Waals surface area contributed by atoms with Crippen LogP contribution in [0.25, 0.3) is 0 Å². The van der Waals surface area contributed by atoms with Gasteiger partial charge in [0.05, 0.1) is 0 Å². The van der Waals surface area contributed by atoms with E-state index in [0.29, 0.717) is 0 Å². The standard InChI is InChI=1S/C13H13F3N2S/c1-9(7-10-5-6-19-8-10)17-12-4-2-3-11(18-12)13(14,15)16/h2-6,8-9H,7H2,1H3,(H,17,18). The number of pyridine rings is 1. The van der Waals surface area contributed by atoms with E-state index >= 15 is 0 Å². The predicted molar refractivity (Wildman–Crippen MR) is 70.3 cm³/mol. The molecule has 0 radical (unpaired) electrons. The van der Waals surface area contributed by atoms with Crippen LogP contribution in [-0.2, 0) is 12.6 Å². The van der Waals surface area contributed by atoms with Crippen molar-refractivity contribution in [3.63, 3.8) is 0 Å². The maximum atomic E-state index is 12.5. The van der Waals surface area contributed by atoms with Gasteiger partial charge in [-0.1, -0.05) is 6.07 Å². The normalized spacial score (nSPS) is 13.3. The number of nitrogens with one attached hydrogen (secondary N) is 1. The van der Waals surface area contributed by atoms with E-state index in [2.05, 4.69) is 10.3 Å². The Balaban J connectivity index is 2.03. The molecule has 0 fully saturated rings. The summed E-state index contributed by atoms with van der Waals surface area (Å²) in [5, 5.41) is 6.99. The summed E-state index contributed by atoms with van der Waals surface area (Å²) in [5.41, 5.74) is 0.289. The van der Waals surface area contributed by atoms with E-state index in [-0.39, 0.29) is 11.9 Å². The second-order valence-electron chi connectivity index (χ2n) is 4.29. The van der Waals surface area contributed by atoms with E-state index in [4.69, 9.17) is 0 Å². The van der Waals surface area contributed by atoms with E-state index in [9.17, 15) is 13.2 Å². The Labute approximate surface area is 113 Å². The van der Waals surface area contributed by atoms with Crippen LogP contribution in [0.15, 0.2) is 35.0 Å². The van der Waals surface area contributed by atoms with Crippen molar-refractivity contribution in [2.24, 2.45) is 0 Å². The second kappa shape index (κ2) is 5.61. The molecule has 0 aliphatic heterocycles. The van der Waals surface area contributed by atoms with Crippen molar-refractivity contribution in [2.75, 3.05) is 5.32 Å². The fourth-order valence-electron chi connectivity index (χ4n) is 1.74. The van der Waals surface area contributed by atoms with Crippen LogP contribution in [0.3, 0.4) is 0 Å². The zero-order valence-electron chi connectivity index (χ0n) is 10.2. The van der Waals surface area contributed by atoms with Gasteiger partial charge in [0.15, 0.2) is 0 Å². The van der Waals surface area contributed by atoms with Gasteiger partial charge >= 0.3 is 6.18 Å². The first kappa shape index (κ1) is 13.9. The number of hydrogen-bond acceptors (Lipinski definition) is 3. The monoisotopic (exact) mass is 286 g/mol. The minimum atomic E-state index is -4.41. The summed E-state index contributed by atoms with van der Waals surface area (Å²) in [4.78, 5) is 3.58. The molecular formula is C13H13F3N2S. The van der Waals surface area contributed by atoms with Crippen LogP contribution in [0.1, 0.15) is 18.2 Å². The van der Waals surface area contributed by atoms with Crippen molar-refractivity contribution in [1.29, 1.82) is 0 Å². The van der Waals surface area contributed by atoms with Gasteiger partial charge in [0.2, 0.25) is 0 Å². The molecule has 102 valence electrons. The highest BCUT2D eigenvalue weighted by atomic mass is 32.1. The number of rotatable bonds is 4. The first-order valence-corrected chi connectivity index (χ1v) is 6.71. The minimum absolute atomic E-state index is 0.0191. The number of halogens is 3. The molecule has 2 aromatic rings. The van der Waals surface area contributed by atoms with Gasteiger partial charge in [-0.25, -0.2) is 4.98 Å². The minimum Gasteiger partial charge on any atom is -0.367 e. The third-order valence-corrected chi connectivity index (χ3v) is 3.29. The molecule has 0 saturated carbocycles. The van der Waals surface area contributed by atoms with Crippen molar-refractivity contribution in [2.45, 2.75) is 25.6 Å². The third-order valence-electron chi connectivity index (χ3n) is 2.56. The molecule has 2 rings (SSSR count). The molecule has 1 N–H and O–H groups in total. The van der Waals surface area contributed by atoms with Gasteiger partial charge < -0.3 is 5.32 Å². The second-order valence-corrected chi connectivity index (χ2v) is 5.07. The number of thiophene rings is 1. The molecule has 6 heteroatoms. The van der Waals surface area contributed by atoms with Crippen molar-refractivity contribution >= 4 is 17.2 Å². The lowest BCUT2D eigenvalue weighted by molar-refractivity contribution is -0.141. The molecule has 0 amide bonds. The van der Waals surface area contributed by atoms with Gasteiger partial charge in [-0.2, -0.15) is 24.5 Å². The Morgan fingerprint density at radius 3 is 2.74 bits per heavy atom. The fourth-order valence-corrected chi connectivity index (χ4v) is 2.42. The first-order chi connectivity index (χ1) is 8.95. The Morgan fingerprint density at radius 1 is 1.32 bits per heavy atom. The first-order valence-electron chi connectivity index (χ1n) is 5.77. The zero-order chi connectivity index (χ0) is 13.9. The fraction of sp³-hybridized carbons (Fsp3) is 0.308. The maximum absolute atomic E-state index is 12.5. The van der Waals surface area contributed by atoms with Crippen LogP contribution in [0, 0.1) is 0 Å². The van der Waals surface area contributed by atoms with Crippen LogP contribution in [0.4, 0.5) is 19.0 Å². The smallest absolute Gasteiger partial charge is 0.367 e. The Bertz CT molecular complexity index is 523. The molecule has 1 unspecified atom stereocenters. The molecule has 2 nitrogen and oxygen atoms in total. The van der Waals surface area contributed by atoms with Crippen LogP contribution >= 0.6 is 11.3 Å². The van der Waals surface area contributed by atoms with Crippen molar-refractivity contribution in [3.8, 4) is 0 Å². The van der Waals surface area contributed by atoms with Gasteiger partial charge in [0.1, 0.15) is 11.5 Å². The number of anilines is 1. The number of aromatic nitrogens is 1. The van der Waals surface area contributed by atoms with Gasteiger partial charge in [-0.15, -0.1) is 0 Å². The Kier molecular flexibility index (Phi) is 4.09. The van der Waals surface area contributed by atoms with Crippen LogP contribution < -0.4 is 5.32 Å². The number of alkyl halides is 3. The van der Waals surface area contributed by atoms with E-state index in [1.54, 1.807) is 17.4 Å². The quantitative estimate of drug-likeness (QED) is 0.911. The summed E-state index contributed by atoms with van der Waals surface area (Å²) in [6.45, 7) is 1.92. The van der Waals surface area contributed by atoms with Gasteiger partial charge in [-0.3, -0.25) is 0 Å². The molecule has 2 aromatic heterocycles. The SMILES string of the molecule is CC(Cc1ccsc1)Nc1cccc(C(F)(F)F)n1. The molecule has 0 spiro atoms. The van der Waals surface area contributed by atoms with E-state index in [1.807, 2.05) is 23.8 Å². The third kappa shape index (κ3) is 3.96. The lowest BCUT2D eigenvalue weighted by Gasteiger charge is -2.15. The molecule has 0 saturated heterocycles. The van der Waals surface area contributed by atoms with Gasteiger partial charge in [0.25, 0.3) is 0 Å². The number of hydrogen-bond donors (Lipinski definition) is 1. The summed E-state index contributed by atoms with van der Waals surface area (Å²) in [6, 6.07) is 5.89. The summed E-state index contributed by atoms with van der Waals surface area (Å²) in [5.74, 6) is 0.248. The lowest BCUT2D eigenvalue weighted by Crippen LogP contribution is -2.19. The Morgan fingerprint density at radius 2 is 2.11 bits per heavy atom. The molecule has 0 aliphatic carbocycles. The van der Waals surface area contributed by atoms with E-state index in [1.165, 1.54) is 6.07 Å². The van der Waals surface area contributed by atoms with E-state index < -0.39 is 11.9 Å². The van der Waals surface area contributed by atoms with Gasteiger partial charge in [0, 0.05) is 6.04 Å². The lowest BCUT2D eigenvalue weighted by atomic mass is 10.1. The topological polar surface area (TPSA) is 24.9 Å². The maximum Gasteiger partial charge on any atom is 0.433 e. The molecule has 2 heterocycles. The van der Waals surface area contributed by atoms with E-state index in [0.717, 1.165) is 18.1 Å². The van der Waals surface area contributed by atoms with Gasteiger partial charge in [-0.05, 0) is 47.9 Å². The highest BCUT2D eigenvalue weighted by molar-refractivity contribution is 7.07. The van der Waals surface area contributed by atoms with Crippen molar-refractivity contribution in [1.82, 2.24) is 4.98 Å². The highest BCUT2D eigenvalue weighted by Crippen LogP contribution is 2.28. The summed E-state index contributed by atoms with van der Waals surface area (Å²) in [7, 11) is 0. The van der Waals surface area contributed by atoms with Crippen molar-refractivity contribution in [3.05, 3.63) is 46.3 Å². The van der Waals surface area contributed by atoms with Crippen LogP contribution in [-0.4, -0.2) is 11.0 Å². The van der Waals surface area contributed by atoms with Crippen LogP contribution in [0.5, 0.6) is 0 Å². The molecule has 0 aromatic carbocycles. The van der Waals surface area contributed by atoms with Crippen LogP contribution in [0.2, 0.25) is 0 Å². The zero-order valence-corrected chi connectivity index (χ0v) is 11.1. The number of nitrogens with zero attached hydrogens (tertiary/aromatic N) is 1. The molecule has 1 atom stereocenters. The molecule has 19 heavy (non-hydrogen) atoms. The Hall–Kier alpha value is -1.56. The average molecular weight is 286 g/mol. The highest BCUT2D eigenvalue weighted by Gasteiger charge is 2.32. The predicted octanol–water partition coefficient (Wildman–Crippen LogP) is 4.21. The molecule has 0 bridgehead atoms. The molecule has 0 aliphatic rings. The van der Waals surface area contributed by atoms with Crippen molar-refractivity contribution < 1.29 is 13.2 Å². The average Bonchev–Trinajstić information content (AvgIpc) is 2.80. The summed E-state index contributed by atoms with van der Waals surface area (Å²) in [6.07, 6.45) is -3.66. The largest absolute Gasteiger partial charge is 0.433 e. The summed E-state index contributed by atoms with van der Waals surface area (Å²) < 4.78 is 37.6. The summed E-state index contributed by atoms with van der Waals surface area (Å²) >= 11 is 1.60.